The Morgan fingerprint density at radius 3 is 1.36 bits per heavy atom. The maximum absolute atomic E-state index is 13.4. The van der Waals surface area contributed by atoms with Crippen LogP contribution in [0.15, 0.2) is 152 Å². The fraction of sp³-hybridized carbons (Fsp3) is 0.506. The summed E-state index contributed by atoms with van der Waals surface area (Å²) in [4.78, 5) is 36.4. The predicted octanol–water partition coefficient (Wildman–Crippen LogP) is 5.63. The van der Waals surface area contributed by atoms with Crippen LogP contribution in [-0.2, 0) is 62.9 Å². The van der Waals surface area contributed by atoms with E-state index in [1.54, 1.807) is 74.1 Å². The molecule has 0 amide bonds. The van der Waals surface area contributed by atoms with Crippen LogP contribution < -0.4 is 66.0 Å². The standard InChI is InChI=1S/C29H31FN10O.C22H22BrFN8.C13H21BN2O3.C9H15BN2O2.C5H10O4S.C4H8O2.CH4.2HI/c1-29(31,22-2-4-24(30)5-3-22)23-14-32-28(33-15-23)38-9-7-37(8-10-38)27-26-12-20(16-40(26)36-19-34-27)21-13-35-39(17-21)25-6-11-41-18-25;1-22(25,15-2-4-18(24)5-3-15)16-11-26-21(27-12-16)31-8-6-30(7-9-31)20-19-10-17(23)13-32(19)29-14-28-20;1-12(2)13(3,4)19-14(18-12)10-7-15-16(8-10)11-5-6-17-9-11;1-8(2)9(3,4)14-10(13-8)7-5-11-12-6-7;1-10(6,7)9-5-2-3-8-4-5;5-4-1-2-6-3-4;;;/h2-5,12-17,19,25H,6-11,18,31H2,1H3;2-5,10-14H,6-9,25H2,1H3;7-8,11H,5-6,9H2,1-4H3;5-6H,1-4H3,(H,11,12);5H,2-4H2,1H3;4-5H,1-3H2;1H4;2*1H/p-1/t25-,29+;22-;11-;;5-;4-;;;/m101.00.../s1. The lowest BCUT2D eigenvalue weighted by Crippen LogP contribution is -3.00. The van der Waals surface area contributed by atoms with Gasteiger partial charge in [-0.15, -0.1) is 24.0 Å². The SMILES string of the molecule is C.CC1(C)OB(c2cn[nH]c2)OC1(C)C.CC1(C)OB(c2cnn([C@@H]3CCOC3)c2)OC1(C)C.CS(=O)(=O)O[C@H]1CCOC1.C[C@](N)(c1ccc(F)cc1)c1cnc(N2CCN(c3ncnn4cc(-c5cnn([C@@H]6CCOC6)c5)cc34)CC2)nc1.C[C@](N)(c1ccc(F)cc1)c1cnc(N2CCN(c3ncnn4cc(Br)cc34)CC2)nc1.I.O[C@H]1CCOC1.[I-]. The third-order valence-corrected chi connectivity index (χ3v) is 24.7. The summed E-state index contributed by atoms with van der Waals surface area (Å²) in [7, 11) is -3.93. The number of hydrogen-bond donors (Lipinski definition) is 4. The number of aromatic amines is 1. The van der Waals surface area contributed by atoms with Crippen LogP contribution in [0.2, 0.25) is 0 Å². The first kappa shape index (κ1) is 97.7. The highest BCUT2D eigenvalue weighted by Crippen LogP contribution is 2.39. The number of aromatic nitrogens is 16. The van der Waals surface area contributed by atoms with Crippen molar-refractivity contribution in [3.63, 3.8) is 0 Å². The summed E-state index contributed by atoms with van der Waals surface area (Å²) in [6.45, 7) is 31.6. The molecule has 6 N–H and O–H groups in total. The smallest absolute Gasteiger partial charge is 0.498 e. The lowest BCUT2D eigenvalue weighted by atomic mass is 9.82. The first-order chi connectivity index (χ1) is 58.2. The molecular weight excluding hydrogens is 1920 g/mol. The summed E-state index contributed by atoms with van der Waals surface area (Å²) in [5, 5.41) is 32.9. The van der Waals surface area contributed by atoms with Gasteiger partial charge in [0.1, 0.15) is 41.4 Å². The molecule has 674 valence electrons. The Morgan fingerprint density at radius 2 is 0.944 bits per heavy atom. The van der Waals surface area contributed by atoms with E-state index in [1.165, 1.54) is 24.3 Å². The molecule has 0 aliphatic carbocycles. The molecular formula is C83H112B2BrF2I2N22O12S-. The number of halogens is 5. The van der Waals surface area contributed by atoms with Gasteiger partial charge < -0.3 is 97.7 Å². The van der Waals surface area contributed by atoms with Crippen LogP contribution in [-0.4, -0.2) is 253 Å². The monoisotopic (exact) mass is 2030 g/mol. The number of nitrogens with zero attached hydrogens (tertiary/aromatic N) is 19. The van der Waals surface area contributed by atoms with E-state index in [0.29, 0.717) is 56.8 Å². The molecule has 0 radical (unpaired) electrons. The number of nitrogens with two attached hydrogens (primary N) is 2. The number of benzene rings is 2. The molecule has 0 spiro atoms. The first-order valence-corrected chi connectivity index (χ1v) is 43.5. The summed E-state index contributed by atoms with van der Waals surface area (Å²) in [5.41, 5.74) is 19.4. The Hall–Kier alpha value is -7.93. The van der Waals surface area contributed by atoms with E-state index < -0.39 is 21.2 Å². The highest BCUT2D eigenvalue weighted by Gasteiger charge is 2.53. The Kier molecular flexibility index (Phi) is 32.6. The largest absolute Gasteiger partial charge is 1.00 e. The van der Waals surface area contributed by atoms with E-state index >= 15 is 0 Å². The normalized spacial score (nSPS) is 21.4. The van der Waals surface area contributed by atoms with Crippen LogP contribution >= 0.6 is 39.9 Å². The Morgan fingerprint density at radius 1 is 0.520 bits per heavy atom. The van der Waals surface area contributed by atoms with Crippen molar-refractivity contribution in [2.24, 2.45) is 11.5 Å². The molecule has 34 nitrogen and oxygen atoms in total. The van der Waals surface area contributed by atoms with Crippen LogP contribution in [0, 0.1) is 11.6 Å². The third kappa shape index (κ3) is 23.8. The van der Waals surface area contributed by atoms with Gasteiger partial charge in [-0.25, -0.2) is 47.7 Å². The molecule has 42 heteroatoms. The van der Waals surface area contributed by atoms with E-state index in [4.69, 9.17) is 54.1 Å². The zero-order valence-corrected chi connectivity index (χ0v) is 78.3. The summed E-state index contributed by atoms with van der Waals surface area (Å²) in [6.07, 6.45) is 29.6. The van der Waals surface area contributed by atoms with E-state index in [9.17, 15) is 17.2 Å². The highest BCUT2D eigenvalue weighted by molar-refractivity contribution is 14.0. The van der Waals surface area contributed by atoms with Gasteiger partial charge in [-0.1, -0.05) is 31.7 Å². The van der Waals surface area contributed by atoms with Crippen molar-refractivity contribution in [2.45, 2.75) is 160 Å². The van der Waals surface area contributed by atoms with Crippen LogP contribution in [0.5, 0.6) is 0 Å². The Balaban J connectivity index is 0.000000159. The number of H-pyrrole nitrogens is 1. The van der Waals surface area contributed by atoms with Crippen molar-refractivity contribution >= 4 is 110 Å². The Labute approximate surface area is 770 Å². The number of aliphatic hydroxyl groups excluding tert-OH is 1. The molecule has 6 atom stereocenters. The second-order valence-corrected chi connectivity index (χ2v) is 36.1. The minimum Gasteiger partial charge on any atom is -1.00 e. The number of rotatable bonds is 15. The first-order valence-electron chi connectivity index (χ1n) is 40.9. The van der Waals surface area contributed by atoms with Crippen molar-refractivity contribution in [3.8, 4) is 11.1 Å². The minimum atomic E-state index is -3.29. The van der Waals surface area contributed by atoms with Gasteiger partial charge in [-0.05, 0) is 152 Å². The summed E-state index contributed by atoms with van der Waals surface area (Å²) < 4.78 is 105. The van der Waals surface area contributed by atoms with Crippen LogP contribution in [0.4, 0.5) is 32.3 Å². The zero-order chi connectivity index (χ0) is 86.4. The van der Waals surface area contributed by atoms with Crippen molar-refractivity contribution in [3.05, 3.63) is 186 Å². The van der Waals surface area contributed by atoms with Gasteiger partial charge in [-0.3, -0.25) is 18.6 Å². The fourth-order valence-electron chi connectivity index (χ4n) is 14.6. The second kappa shape index (κ2) is 41.7. The summed E-state index contributed by atoms with van der Waals surface area (Å²) in [5.74, 6) is 2.56. The molecule has 9 aromatic heterocycles. The second-order valence-electron chi connectivity index (χ2n) is 33.6. The van der Waals surface area contributed by atoms with Crippen molar-refractivity contribution < 1.29 is 88.0 Å². The molecule has 8 aliphatic heterocycles. The van der Waals surface area contributed by atoms with Gasteiger partial charge in [0.2, 0.25) is 11.9 Å². The van der Waals surface area contributed by atoms with E-state index in [2.05, 4.69) is 140 Å². The van der Waals surface area contributed by atoms with E-state index in [0.717, 1.165) is 176 Å². The molecule has 19 rings (SSSR count). The number of piperazine rings is 2. The third-order valence-electron chi connectivity index (χ3n) is 23.6. The lowest BCUT2D eigenvalue weighted by Gasteiger charge is -2.35. The van der Waals surface area contributed by atoms with Gasteiger partial charge >= 0.3 is 14.2 Å². The van der Waals surface area contributed by atoms with E-state index in [1.807, 2.05) is 97.0 Å². The quantitative estimate of drug-likeness (QED) is 0.0548. The molecule has 8 fully saturated rings. The number of nitrogens with one attached hydrogen (secondary N) is 1. The van der Waals surface area contributed by atoms with Crippen molar-refractivity contribution in [1.29, 1.82) is 0 Å². The number of hydrogen-bond acceptors (Lipinski definition) is 29. The van der Waals surface area contributed by atoms with E-state index in [-0.39, 0.29) is 116 Å². The maximum Gasteiger partial charge on any atom is 0.498 e. The maximum atomic E-state index is 13.4. The molecule has 2 aromatic carbocycles. The fourth-order valence-corrected chi connectivity index (χ4v) is 15.7. The van der Waals surface area contributed by atoms with Gasteiger partial charge in [0.05, 0.1) is 90.5 Å². The van der Waals surface area contributed by atoms with Crippen LogP contribution in [0.3, 0.4) is 0 Å². The highest BCUT2D eigenvalue weighted by atomic mass is 127. The number of ether oxygens (including phenoxy) is 4. The summed E-state index contributed by atoms with van der Waals surface area (Å²) in [6, 6.07) is 17.2. The molecule has 0 unspecified atom stereocenters. The summed E-state index contributed by atoms with van der Waals surface area (Å²) >= 11 is 3.50. The topological polar surface area (TPSA) is 379 Å². The number of anilines is 4. The van der Waals surface area contributed by atoms with Gasteiger partial charge in [0.15, 0.2) is 11.6 Å². The Bertz CT molecular complexity index is 5330. The van der Waals surface area contributed by atoms with Gasteiger partial charge in [-0.2, -0.15) is 33.9 Å². The van der Waals surface area contributed by atoms with Gasteiger partial charge in [0, 0.05) is 191 Å². The number of fused-ring (bicyclic) bond motifs is 2. The van der Waals surface area contributed by atoms with Gasteiger partial charge in [0.25, 0.3) is 10.1 Å². The van der Waals surface area contributed by atoms with Crippen molar-refractivity contribution in [1.82, 2.24) is 78.9 Å². The molecule has 125 heavy (non-hydrogen) atoms. The van der Waals surface area contributed by atoms with Crippen LogP contribution in [0.1, 0.15) is 137 Å². The average Bonchev–Trinajstić information content (AvgIpc) is 1.64. The van der Waals surface area contributed by atoms with Crippen LogP contribution in [0.25, 0.3) is 22.2 Å². The molecule has 0 bridgehead atoms. The average molecular weight is 2040 g/mol. The number of aliphatic hydroxyl groups is 1. The molecule has 8 saturated heterocycles. The zero-order valence-electron chi connectivity index (χ0n) is 71.4. The predicted molar refractivity (Wildman–Crippen MR) is 482 cm³/mol. The molecule has 11 aromatic rings. The molecule has 8 aliphatic rings. The van der Waals surface area contributed by atoms with Crippen molar-refractivity contribution in [2.75, 3.05) is 131 Å². The molecule has 0 saturated carbocycles. The lowest BCUT2D eigenvalue weighted by molar-refractivity contribution is -0.0000401. The minimum absolute atomic E-state index is 0. The molecule has 17 heterocycles.